The van der Waals surface area contributed by atoms with E-state index >= 15 is 0 Å². The van der Waals surface area contributed by atoms with E-state index in [1.807, 2.05) is 0 Å². The molecule has 3 N–H and O–H groups in total. The van der Waals surface area contributed by atoms with Crippen molar-refractivity contribution in [3.63, 3.8) is 0 Å². The summed E-state index contributed by atoms with van der Waals surface area (Å²) < 4.78 is 26.1. The van der Waals surface area contributed by atoms with E-state index in [-0.39, 0.29) is 12.8 Å². The van der Waals surface area contributed by atoms with Gasteiger partial charge in [-0.2, -0.15) is 0 Å². The average Bonchev–Trinajstić information content (AvgIpc) is 2.41. The molecule has 2 aliphatic heterocycles. The van der Waals surface area contributed by atoms with Gasteiger partial charge in [-0.1, -0.05) is 0 Å². The number of nitrogens with two attached hydrogens (primary N) is 1. The van der Waals surface area contributed by atoms with Crippen LogP contribution in [0.2, 0.25) is 0 Å². The van der Waals surface area contributed by atoms with E-state index in [0.717, 1.165) is 12.8 Å². The van der Waals surface area contributed by atoms with Gasteiger partial charge in [-0.3, -0.25) is 0 Å². The molecule has 1 aliphatic carbocycles. The van der Waals surface area contributed by atoms with Gasteiger partial charge in [-0.15, -0.1) is 0 Å². The molecule has 3 nitrogen and oxygen atoms in total. The highest BCUT2D eigenvalue weighted by molar-refractivity contribution is 5.19. The standard InChI is InChI=1S/C12H20F2N2O/c1-16-8-2-3-9(16)5-11(17,4-8)10(15)6-12(13,14)7-10/h8-9,17H,2-7,15H2,1H3. The van der Waals surface area contributed by atoms with Gasteiger partial charge in [0.25, 0.3) is 5.92 Å². The molecule has 3 fully saturated rings. The zero-order valence-electron chi connectivity index (χ0n) is 10.1. The molecule has 2 saturated heterocycles. The zero-order valence-corrected chi connectivity index (χ0v) is 10.1. The van der Waals surface area contributed by atoms with Crippen LogP contribution in [0.15, 0.2) is 0 Å². The molecular formula is C12H20F2N2O. The minimum atomic E-state index is -2.67. The Balaban J connectivity index is 1.80. The van der Waals surface area contributed by atoms with E-state index in [0.29, 0.717) is 24.9 Å². The number of nitrogens with zero attached hydrogens (tertiary/aromatic N) is 1. The van der Waals surface area contributed by atoms with Crippen LogP contribution >= 0.6 is 0 Å². The molecule has 0 aromatic heterocycles. The summed E-state index contributed by atoms with van der Waals surface area (Å²) in [5, 5.41) is 10.7. The number of rotatable bonds is 1. The maximum atomic E-state index is 13.0. The smallest absolute Gasteiger partial charge is 0.251 e. The molecule has 2 bridgehead atoms. The fourth-order valence-electron chi connectivity index (χ4n) is 4.05. The van der Waals surface area contributed by atoms with Crippen molar-refractivity contribution >= 4 is 0 Å². The van der Waals surface area contributed by atoms with Crippen molar-refractivity contribution in [2.45, 2.75) is 67.7 Å². The van der Waals surface area contributed by atoms with Crippen LogP contribution in [0, 0.1) is 0 Å². The van der Waals surface area contributed by atoms with E-state index < -0.39 is 17.1 Å². The highest BCUT2D eigenvalue weighted by atomic mass is 19.3. The molecule has 2 heterocycles. The van der Waals surface area contributed by atoms with Crippen LogP contribution in [0.5, 0.6) is 0 Å². The second-order valence-electron chi connectivity index (χ2n) is 6.36. The maximum absolute atomic E-state index is 13.0. The lowest BCUT2D eigenvalue weighted by Gasteiger charge is -2.57. The van der Waals surface area contributed by atoms with Gasteiger partial charge in [0.2, 0.25) is 0 Å². The molecule has 2 unspecified atom stereocenters. The van der Waals surface area contributed by atoms with E-state index in [4.69, 9.17) is 5.73 Å². The second-order valence-corrected chi connectivity index (χ2v) is 6.36. The van der Waals surface area contributed by atoms with E-state index in [9.17, 15) is 13.9 Å². The van der Waals surface area contributed by atoms with Crippen LogP contribution in [-0.4, -0.2) is 46.2 Å². The number of fused-ring (bicyclic) bond motifs is 2. The zero-order chi connectivity index (χ0) is 12.5. The fourth-order valence-corrected chi connectivity index (χ4v) is 4.05. The normalized spacial score (nSPS) is 47.8. The predicted octanol–water partition coefficient (Wildman–Crippen LogP) is 1.10. The molecule has 1 saturated carbocycles. The number of hydrogen-bond acceptors (Lipinski definition) is 3. The molecule has 0 aromatic rings. The molecule has 0 amide bonds. The Morgan fingerprint density at radius 3 is 2.06 bits per heavy atom. The highest BCUT2D eigenvalue weighted by Crippen LogP contribution is 2.55. The Labute approximate surface area is 100.0 Å². The minimum absolute atomic E-state index is 0.313. The molecular weight excluding hydrogens is 226 g/mol. The number of piperidine rings is 1. The van der Waals surface area contributed by atoms with Gasteiger partial charge in [-0.25, -0.2) is 8.78 Å². The summed E-state index contributed by atoms with van der Waals surface area (Å²) in [4.78, 5) is 2.27. The molecule has 0 spiro atoms. The van der Waals surface area contributed by atoms with Gasteiger partial charge in [0.15, 0.2) is 0 Å². The lowest BCUT2D eigenvalue weighted by molar-refractivity contribution is -0.208. The van der Waals surface area contributed by atoms with Crippen LogP contribution in [0.1, 0.15) is 38.5 Å². The summed E-state index contributed by atoms with van der Waals surface area (Å²) in [5.41, 5.74) is 3.88. The summed E-state index contributed by atoms with van der Waals surface area (Å²) in [5.74, 6) is -2.67. The second kappa shape index (κ2) is 3.19. The van der Waals surface area contributed by atoms with Gasteiger partial charge in [0, 0.05) is 24.9 Å². The lowest BCUT2D eigenvalue weighted by Crippen LogP contribution is -2.73. The van der Waals surface area contributed by atoms with Crippen LogP contribution < -0.4 is 5.73 Å². The number of halogens is 2. The number of hydrogen-bond donors (Lipinski definition) is 2. The van der Waals surface area contributed by atoms with Crippen LogP contribution in [0.25, 0.3) is 0 Å². The molecule has 3 aliphatic rings. The SMILES string of the molecule is CN1C2CCC1CC(O)(C1(N)CC(F)(F)C1)C2. The van der Waals surface area contributed by atoms with Crippen molar-refractivity contribution in [2.24, 2.45) is 5.73 Å². The molecule has 0 radical (unpaired) electrons. The first-order chi connectivity index (χ1) is 7.75. The molecule has 2 atom stereocenters. The van der Waals surface area contributed by atoms with Crippen LogP contribution in [0.3, 0.4) is 0 Å². The third-order valence-electron chi connectivity index (χ3n) is 5.21. The Morgan fingerprint density at radius 2 is 1.65 bits per heavy atom. The van der Waals surface area contributed by atoms with Gasteiger partial charge in [0.05, 0.1) is 11.1 Å². The first-order valence-electron chi connectivity index (χ1n) is 6.36. The summed E-state index contributed by atoms with van der Waals surface area (Å²) in [6.45, 7) is 0. The van der Waals surface area contributed by atoms with E-state index in [1.165, 1.54) is 0 Å². The summed E-state index contributed by atoms with van der Waals surface area (Å²) in [7, 11) is 2.06. The fraction of sp³-hybridized carbons (Fsp3) is 1.00. The molecule has 98 valence electrons. The molecule has 3 rings (SSSR count). The summed E-state index contributed by atoms with van der Waals surface area (Å²) >= 11 is 0. The minimum Gasteiger partial charge on any atom is -0.388 e. The Morgan fingerprint density at radius 1 is 1.18 bits per heavy atom. The Hall–Kier alpha value is -0.260. The van der Waals surface area contributed by atoms with E-state index in [2.05, 4.69) is 11.9 Å². The quantitative estimate of drug-likeness (QED) is 0.728. The van der Waals surface area contributed by atoms with Crippen molar-refractivity contribution in [1.82, 2.24) is 4.90 Å². The van der Waals surface area contributed by atoms with Gasteiger partial charge in [0.1, 0.15) is 0 Å². The first-order valence-corrected chi connectivity index (χ1v) is 6.36. The van der Waals surface area contributed by atoms with Gasteiger partial charge in [-0.05, 0) is 32.7 Å². The lowest BCUT2D eigenvalue weighted by atomic mass is 9.59. The van der Waals surface area contributed by atoms with Crippen molar-refractivity contribution in [3.05, 3.63) is 0 Å². The third kappa shape index (κ3) is 1.55. The van der Waals surface area contributed by atoms with E-state index in [1.54, 1.807) is 0 Å². The molecule has 5 heteroatoms. The highest BCUT2D eigenvalue weighted by Gasteiger charge is 2.66. The summed E-state index contributed by atoms with van der Waals surface area (Å²) in [6, 6.07) is 0.627. The average molecular weight is 246 g/mol. The van der Waals surface area contributed by atoms with Crippen LogP contribution in [-0.2, 0) is 0 Å². The van der Waals surface area contributed by atoms with Crippen molar-refractivity contribution in [3.8, 4) is 0 Å². The summed E-state index contributed by atoms with van der Waals surface area (Å²) in [6.07, 6.45) is 2.48. The van der Waals surface area contributed by atoms with Crippen LogP contribution in [0.4, 0.5) is 8.78 Å². The van der Waals surface area contributed by atoms with Crippen molar-refractivity contribution in [2.75, 3.05) is 7.05 Å². The Bertz CT molecular complexity index is 325. The Kier molecular flexibility index (Phi) is 2.22. The maximum Gasteiger partial charge on any atom is 0.251 e. The van der Waals surface area contributed by atoms with Gasteiger partial charge >= 0.3 is 0 Å². The molecule has 0 aromatic carbocycles. The monoisotopic (exact) mass is 246 g/mol. The number of alkyl halides is 2. The largest absolute Gasteiger partial charge is 0.388 e. The van der Waals surface area contributed by atoms with Crippen molar-refractivity contribution in [1.29, 1.82) is 0 Å². The predicted molar refractivity (Wildman–Crippen MR) is 59.9 cm³/mol. The molecule has 17 heavy (non-hydrogen) atoms. The van der Waals surface area contributed by atoms with Crippen molar-refractivity contribution < 1.29 is 13.9 Å². The number of aliphatic hydroxyl groups is 1. The topological polar surface area (TPSA) is 49.5 Å². The third-order valence-corrected chi connectivity index (χ3v) is 5.21. The van der Waals surface area contributed by atoms with Gasteiger partial charge < -0.3 is 15.7 Å². The first kappa shape index (κ1) is 11.8.